The van der Waals surface area contributed by atoms with Gasteiger partial charge in [-0.3, -0.25) is 9.69 Å². The van der Waals surface area contributed by atoms with Gasteiger partial charge in [-0.05, 0) is 24.8 Å². The van der Waals surface area contributed by atoms with Crippen molar-refractivity contribution in [3.05, 3.63) is 18.5 Å². The van der Waals surface area contributed by atoms with Gasteiger partial charge < -0.3 is 15.5 Å². The molecular weight excluding hydrogens is 316 g/mol. The molecule has 25 heavy (non-hydrogen) atoms. The van der Waals surface area contributed by atoms with Crippen molar-refractivity contribution in [2.45, 2.75) is 39.3 Å². The average molecular weight is 346 g/mol. The van der Waals surface area contributed by atoms with Gasteiger partial charge in [-0.2, -0.15) is 0 Å². The van der Waals surface area contributed by atoms with Crippen LogP contribution in [0.3, 0.4) is 0 Å². The quantitative estimate of drug-likeness (QED) is 0.862. The van der Waals surface area contributed by atoms with Crippen LogP contribution >= 0.6 is 0 Å². The minimum absolute atomic E-state index is 0.0517. The summed E-state index contributed by atoms with van der Waals surface area (Å²) in [7, 11) is 0. The fourth-order valence-corrected chi connectivity index (χ4v) is 3.75. The first kappa shape index (κ1) is 18.1. The molecule has 0 radical (unpaired) electrons. The van der Waals surface area contributed by atoms with Crippen molar-refractivity contribution < 1.29 is 4.79 Å². The van der Waals surface area contributed by atoms with Crippen LogP contribution in [0.5, 0.6) is 0 Å². The van der Waals surface area contributed by atoms with Crippen molar-refractivity contribution >= 4 is 11.9 Å². The lowest BCUT2D eigenvalue weighted by Gasteiger charge is -2.45. The maximum atomic E-state index is 12.9. The summed E-state index contributed by atoms with van der Waals surface area (Å²) in [6.07, 6.45) is 4.46. The van der Waals surface area contributed by atoms with Gasteiger partial charge in [0.15, 0.2) is 0 Å². The van der Waals surface area contributed by atoms with E-state index in [-0.39, 0.29) is 23.4 Å². The van der Waals surface area contributed by atoms with E-state index in [0.717, 1.165) is 51.6 Å². The summed E-state index contributed by atoms with van der Waals surface area (Å²) in [6.45, 7) is 11.2. The van der Waals surface area contributed by atoms with E-state index in [0.29, 0.717) is 0 Å². The molecule has 2 unspecified atom stereocenters. The van der Waals surface area contributed by atoms with E-state index < -0.39 is 0 Å². The Morgan fingerprint density at radius 1 is 1.20 bits per heavy atom. The van der Waals surface area contributed by atoms with Crippen molar-refractivity contribution in [1.29, 1.82) is 0 Å². The standard InChI is InChI=1S/C18H30N6O/c1-14(24-8-5-15(19)18(2,3)13-24)16(25)22-9-11-23(12-10-22)17-20-6-4-7-21-17/h4,6-7,14-15H,5,8-13,19H2,1-3H3. The van der Waals surface area contributed by atoms with Crippen LogP contribution in [0.25, 0.3) is 0 Å². The van der Waals surface area contributed by atoms with Gasteiger partial charge in [-0.1, -0.05) is 13.8 Å². The Balaban J connectivity index is 1.55. The third-order valence-corrected chi connectivity index (χ3v) is 5.67. The van der Waals surface area contributed by atoms with Crippen LogP contribution in [0, 0.1) is 5.41 Å². The summed E-state index contributed by atoms with van der Waals surface area (Å²) >= 11 is 0. The number of amides is 1. The smallest absolute Gasteiger partial charge is 0.239 e. The lowest BCUT2D eigenvalue weighted by atomic mass is 9.79. The molecule has 0 aliphatic carbocycles. The zero-order valence-electron chi connectivity index (χ0n) is 15.6. The second-order valence-corrected chi connectivity index (χ2v) is 7.89. The predicted octanol–water partition coefficient (Wildman–Crippen LogP) is 0.573. The third-order valence-electron chi connectivity index (χ3n) is 5.67. The first-order valence-corrected chi connectivity index (χ1v) is 9.19. The first-order chi connectivity index (χ1) is 11.9. The van der Waals surface area contributed by atoms with Gasteiger partial charge in [-0.25, -0.2) is 9.97 Å². The topological polar surface area (TPSA) is 78.6 Å². The van der Waals surface area contributed by atoms with Crippen molar-refractivity contribution in [1.82, 2.24) is 19.8 Å². The SMILES string of the molecule is CC(C(=O)N1CCN(c2ncccn2)CC1)N1CCC(N)C(C)(C)C1. The molecule has 1 aromatic rings. The number of carbonyl (C=O) groups is 1. The second-order valence-electron chi connectivity index (χ2n) is 7.89. The zero-order valence-corrected chi connectivity index (χ0v) is 15.6. The number of likely N-dealkylation sites (tertiary alicyclic amines) is 1. The van der Waals surface area contributed by atoms with Gasteiger partial charge in [0.1, 0.15) is 0 Å². The molecule has 2 atom stereocenters. The molecule has 7 heteroatoms. The van der Waals surface area contributed by atoms with Gasteiger partial charge in [0.05, 0.1) is 6.04 Å². The lowest BCUT2D eigenvalue weighted by Crippen LogP contribution is -2.59. The molecule has 3 heterocycles. The fraction of sp³-hybridized carbons (Fsp3) is 0.722. The largest absolute Gasteiger partial charge is 0.338 e. The minimum Gasteiger partial charge on any atom is -0.338 e. The van der Waals surface area contributed by atoms with E-state index >= 15 is 0 Å². The number of hydrogen-bond donors (Lipinski definition) is 1. The Morgan fingerprint density at radius 2 is 1.84 bits per heavy atom. The third kappa shape index (κ3) is 3.93. The number of anilines is 1. The second kappa shape index (κ2) is 7.25. The Hall–Kier alpha value is -1.73. The molecule has 0 saturated carbocycles. The monoisotopic (exact) mass is 346 g/mol. The molecule has 138 valence electrons. The highest BCUT2D eigenvalue weighted by atomic mass is 16.2. The van der Waals surface area contributed by atoms with Crippen molar-refractivity contribution in [3.63, 3.8) is 0 Å². The van der Waals surface area contributed by atoms with Crippen LogP contribution in [0.2, 0.25) is 0 Å². The lowest BCUT2D eigenvalue weighted by molar-refractivity contribution is -0.138. The Kier molecular flexibility index (Phi) is 5.24. The number of aromatic nitrogens is 2. The molecule has 1 amide bonds. The minimum atomic E-state index is -0.0914. The van der Waals surface area contributed by atoms with Crippen LogP contribution in [0.1, 0.15) is 27.2 Å². The van der Waals surface area contributed by atoms with Crippen LogP contribution < -0.4 is 10.6 Å². The summed E-state index contributed by atoms with van der Waals surface area (Å²) in [6, 6.07) is 1.93. The first-order valence-electron chi connectivity index (χ1n) is 9.19. The summed E-state index contributed by atoms with van der Waals surface area (Å²) in [5.41, 5.74) is 6.28. The number of piperidine rings is 1. The van der Waals surface area contributed by atoms with E-state index in [9.17, 15) is 4.79 Å². The molecule has 2 fully saturated rings. The van der Waals surface area contributed by atoms with Gasteiger partial charge in [0, 0.05) is 57.7 Å². The maximum Gasteiger partial charge on any atom is 0.239 e. The van der Waals surface area contributed by atoms with Crippen LogP contribution in [-0.4, -0.2) is 77.0 Å². The van der Waals surface area contributed by atoms with Crippen LogP contribution in [0.4, 0.5) is 5.95 Å². The maximum absolute atomic E-state index is 12.9. The molecule has 0 aromatic carbocycles. The normalized spacial score (nSPS) is 25.7. The van der Waals surface area contributed by atoms with Crippen LogP contribution in [0.15, 0.2) is 18.5 Å². The van der Waals surface area contributed by atoms with E-state index in [2.05, 4.69) is 33.6 Å². The highest BCUT2D eigenvalue weighted by Gasteiger charge is 2.38. The Bertz CT molecular complexity index is 584. The summed E-state index contributed by atoms with van der Waals surface area (Å²) < 4.78 is 0. The Labute approximate surface area is 150 Å². The van der Waals surface area contributed by atoms with Crippen molar-refractivity contribution in [3.8, 4) is 0 Å². The fourth-order valence-electron chi connectivity index (χ4n) is 3.75. The molecule has 3 rings (SSSR count). The number of hydrogen-bond acceptors (Lipinski definition) is 6. The summed E-state index contributed by atoms with van der Waals surface area (Å²) in [4.78, 5) is 27.9. The molecule has 2 N–H and O–H groups in total. The molecule has 7 nitrogen and oxygen atoms in total. The van der Waals surface area contributed by atoms with E-state index in [1.807, 2.05) is 17.9 Å². The Morgan fingerprint density at radius 3 is 2.44 bits per heavy atom. The van der Waals surface area contributed by atoms with Gasteiger partial charge in [-0.15, -0.1) is 0 Å². The number of carbonyl (C=O) groups excluding carboxylic acids is 1. The van der Waals surface area contributed by atoms with E-state index in [4.69, 9.17) is 5.73 Å². The van der Waals surface area contributed by atoms with Gasteiger partial charge in [0.2, 0.25) is 11.9 Å². The number of piperazine rings is 1. The molecule has 0 bridgehead atoms. The van der Waals surface area contributed by atoms with Crippen LogP contribution in [-0.2, 0) is 4.79 Å². The molecule has 1 aromatic heterocycles. The van der Waals surface area contributed by atoms with E-state index in [1.54, 1.807) is 12.4 Å². The molecule has 2 saturated heterocycles. The highest BCUT2D eigenvalue weighted by Crippen LogP contribution is 2.29. The number of rotatable bonds is 3. The van der Waals surface area contributed by atoms with Gasteiger partial charge in [0.25, 0.3) is 0 Å². The highest BCUT2D eigenvalue weighted by molar-refractivity contribution is 5.81. The number of nitrogens with zero attached hydrogens (tertiary/aromatic N) is 5. The molecule has 0 spiro atoms. The molecule has 2 aliphatic rings. The van der Waals surface area contributed by atoms with Crippen molar-refractivity contribution in [2.75, 3.05) is 44.2 Å². The molecular formula is C18H30N6O. The summed E-state index contributed by atoms with van der Waals surface area (Å²) in [5, 5.41) is 0. The zero-order chi connectivity index (χ0) is 18.0. The summed E-state index contributed by atoms with van der Waals surface area (Å²) in [5.74, 6) is 0.967. The predicted molar refractivity (Wildman–Crippen MR) is 98.2 cm³/mol. The van der Waals surface area contributed by atoms with E-state index in [1.165, 1.54) is 0 Å². The average Bonchev–Trinajstić information content (AvgIpc) is 2.63. The number of nitrogens with two attached hydrogens (primary N) is 1. The van der Waals surface area contributed by atoms with Gasteiger partial charge >= 0.3 is 0 Å². The molecule has 2 aliphatic heterocycles. The van der Waals surface area contributed by atoms with Crippen molar-refractivity contribution in [2.24, 2.45) is 11.1 Å².